The number of amides is 1. The molecule has 0 bridgehead atoms. The quantitative estimate of drug-likeness (QED) is 0.435. The predicted octanol–water partition coefficient (Wildman–Crippen LogP) is -3.04. The van der Waals surface area contributed by atoms with E-state index in [1.165, 1.54) is 7.11 Å². The number of hydrogen-bond acceptors (Lipinski definition) is 4. The van der Waals surface area contributed by atoms with Crippen molar-refractivity contribution in [2.45, 2.75) is 12.8 Å². The molecule has 0 heterocycles. The SMILES string of the molecule is COc1ccccc1C(=O)NCCCC(=O)[O-].[Na+]. The molecule has 1 N–H and O–H groups in total. The monoisotopic (exact) mass is 259 g/mol. The first-order valence-electron chi connectivity index (χ1n) is 5.26. The van der Waals surface area contributed by atoms with Crippen LogP contribution < -0.4 is 44.7 Å². The fraction of sp³-hybridized carbons (Fsp3) is 0.333. The standard InChI is InChI=1S/C12H15NO4.Na/c1-17-10-6-3-2-5-9(10)12(16)13-8-4-7-11(14)15;/h2-3,5-6H,4,7-8H2,1H3,(H,13,16)(H,14,15);/q;+1/p-1. The third-order valence-corrected chi connectivity index (χ3v) is 2.19. The summed E-state index contributed by atoms with van der Waals surface area (Å²) in [7, 11) is 1.49. The molecular weight excluding hydrogens is 245 g/mol. The van der Waals surface area contributed by atoms with E-state index in [0.717, 1.165) is 0 Å². The average Bonchev–Trinajstić information content (AvgIpc) is 2.34. The number of rotatable bonds is 6. The van der Waals surface area contributed by atoms with E-state index in [-0.39, 0.29) is 41.9 Å². The third-order valence-electron chi connectivity index (χ3n) is 2.19. The Morgan fingerprint density at radius 2 is 2.00 bits per heavy atom. The summed E-state index contributed by atoms with van der Waals surface area (Å²) in [5.74, 6) is -0.901. The fourth-order valence-corrected chi connectivity index (χ4v) is 1.36. The van der Waals surface area contributed by atoms with Crippen LogP contribution in [0.4, 0.5) is 0 Å². The van der Waals surface area contributed by atoms with Gasteiger partial charge in [0.05, 0.1) is 12.7 Å². The zero-order valence-electron chi connectivity index (χ0n) is 10.6. The van der Waals surface area contributed by atoms with Gasteiger partial charge in [-0.2, -0.15) is 0 Å². The van der Waals surface area contributed by atoms with Crippen molar-refractivity contribution in [1.29, 1.82) is 0 Å². The number of ether oxygens (including phenoxy) is 1. The van der Waals surface area contributed by atoms with Crippen molar-refractivity contribution in [2.75, 3.05) is 13.7 Å². The number of benzene rings is 1. The smallest absolute Gasteiger partial charge is 0.550 e. The molecule has 6 heteroatoms. The molecule has 0 unspecified atom stereocenters. The van der Waals surface area contributed by atoms with Gasteiger partial charge >= 0.3 is 29.6 Å². The van der Waals surface area contributed by atoms with E-state index < -0.39 is 5.97 Å². The van der Waals surface area contributed by atoms with Crippen LogP contribution in [-0.2, 0) is 4.79 Å². The van der Waals surface area contributed by atoms with E-state index in [4.69, 9.17) is 4.74 Å². The maximum absolute atomic E-state index is 11.7. The zero-order valence-corrected chi connectivity index (χ0v) is 12.6. The molecule has 1 aromatic carbocycles. The second-order valence-corrected chi connectivity index (χ2v) is 3.43. The van der Waals surface area contributed by atoms with Gasteiger partial charge < -0.3 is 20.0 Å². The van der Waals surface area contributed by atoms with E-state index in [1.54, 1.807) is 24.3 Å². The molecule has 0 aliphatic heterocycles. The van der Waals surface area contributed by atoms with Crippen LogP contribution in [0, 0.1) is 0 Å². The van der Waals surface area contributed by atoms with Crippen LogP contribution in [0.25, 0.3) is 0 Å². The molecule has 0 saturated heterocycles. The van der Waals surface area contributed by atoms with Crippen LogP contribution in [0.2, 0.25) is 0 Å². The minimum absolute atomic E-state index is 0. The first-order chi connectivity index (χ1) is 8.15. The van der Waals surface area contributed by atoms with Gasteiger partial charge in [-0.1, -0.05) is 12.1 Å². The Hall–Kier alpha value is -1.04. The molecule has 92 valence electrons. The number of carboxylic acid groups (broad SMARTS) is 1. The van der Waals surface area contributed by atoms with Crippen LogP contribution in [0.3, 0.4) is 0 Å². The van der Waals surface area contributed by atoms with Gasteiger partial charge in [-0.05, 0) is 25.0 Å². The van der Waals surface area contributed by atoms with Crippen LogP contribution in [0.15, 0.2) is 24.3 Å². The Morgan fingerprint density at radius 1 is 1.33 bits per heavy atom. The molecule has 1 amide bonds. The van der Waals surface area contributed by atoms with Crippen molar-refractivity contribution in [3.63, 3.8) is 0 Å². The number of carboxylic acids is 1. The van der Waals surface area contributed by atoms with E-state index >= 15 is 0 Å². The molecule has 0 fully saturated rings. The van der Waals surface area contributed by atoms with Gasteiger partial charge in [0.25, 0.3) is 5.91 Å². The van der Waals surface area contributed by atoms with Gasteiger partial charge in [-0.15, -0.1) is 0 Å². The normalized spacial score (nSPS) is 9.17. The minimum Gasteiger partial charge on any atom is -0.550 e. The minimum atomic E-state index is -1.11. The largest absolute Gasteiger partial charge is 1.00 e. The van der Waals surface area contributed by atoms with Crippen LogP contribution in [0.5, 0.6) is 5.75 Å². The molecule has 0 atom stereocenters. The van der Waals surface area contributed by atoms with Crippen LogP contribution in [0.1, 0.15) is 23.2 Å². The summed E-state index contributed by atoms with van der Waals surface area (Å²) in [5, 5.41) is 12.8. The molecule has 0 spiro atoms. The summed E-state index contributed by atoms with van der Waals surface area (Å²) in [6, 6.07) is 6.84. The Bertz CT molecular complexity index is 409. The fourth-order valence-electron chi connectivity index (χ4n) is 1.36. The average molecular weight is 259 g/mol. The first kappa shape index (κ1) is 17.0. The van der Waals surface area contributed by atoms with E-state index in [1.807, 2.05) is 0 Å². The van der Waals surface area contributed by atoms with E-state index in [2.05, 4.69) is 5.32 Å². The van der Waals surface area contributed by atoms with Gasteiger partial charge in [0.15, 0.2) is 0 Å². The summed E-state index contributed by atoms with van der Waals surface area (Å²) < 4.78 is 5.05. The summed E-state index contributed by atoms with van der Waals surface area (Å²) in [6.07, 6.45) is 0.287. The topological polar surface area (TPSA) is 78.5 Å². The van der Waals surface area contributed by atoms with Gasteiger partial charge in [0.1, 0.15) is 5.75 Å². The molecule has 5 nitrogen and oxygen atoms in total. The Balaban J connectivity index is 0.00000289. The van der Waals surface area contributed by atoms with Gasteiger partial charge in [-0.3, -0.25) is 4.79 Å². The number of carbonyl (C=O) groups is 2. The van der Waals surface area contributed by atoms with Gasteiger partial charge in [0.2, 0.25) is 0 Å². The molecule has 0 aliphatic rings. The van der Waals surface area contributed by atoms with Crippen molar-refractivity contribution >= 4 is 11.9 Å². The van der Waals surface area contributed by atoms with Crippen LogP contribution in [-0.4, -0.2) is 25.5 Å². The second-order valence-electron chi connectivity index (χ2n) is 3.43. The number of para-hydroxylation sites is 1. The second kappa shape index (κ2) is 8.97. The summed E-state index contributed by atoms with van der Waals surface area (Å²) in [6.45, 7) is 0.296. The summed E-state index contributed by atoms with van der Waals surface area (Å²) in [4.78, 5) is 21.9. The molecule has 0 aliphatic carbocycles. The molecule has 0 radical (unpaired) electrons. The Morgan fingerprint density at radius 3 is 2.61 bits per heavy atom. The maximum atomic E-state index is 11.7. The maximum Gasteiger partial charge on any atom is 1.00 e. The van der Waals surface area contributed by atoms with Crippen molar-refractivity contribution in [3.8, 4) is 5.75 Å². The van der Waals surface area contributed by atoms with Crippen molar-refractivity contribution in [1.82, 2.24) is 5.32 Å². The van der Waals surface area contributed by atoms with Gasteiger partial charge in [-0.25, -0.2) is 0 Å². The molecular formula is C12H14NNaO4. The van der Waals surface area contributed by atoms with E-state index in [9.17, 15) is 14.7 Å². The van der Waals surface area contributed by atoms with E-state index in [0.29, 0.717) is 24.3 Å². The number of hydrogen-bond donors (Lipinski definition) is 1. The number of carbonyl (C=O) groups excluding carboxylic acids is 2. The van der Waals surface area contributed by atoms with Gasteiger partial charge in [0, 0.05) is 12.5 Å². The predicted molar refractivity (Wildman–Crippen MR) is 59.6 cm³/mol. The van der Waals surface area contributed by atoms with Crippen molar-refractivity contribution in [2.24, 2.45) is 0 Å². The zero-order chi connectivity index (χ0) is 12.7. The summed E-state index contributed by atoms with van der Waals surface area (Å²) >= 11 is 0. The molecule has 1 aromatic rings. The Labute approximate surface area is 128 Å². The number of aliphatic carboxylic acids is 1. The Kier molecular flexibility index (Phi) is 8.45. The van der Waals surface area contributed by atoms with Crippen LogP contribution >= 0.6 is 0 Å². The molecule has 1 rings (SSSR count). The summed E-state index contributed by atoms with van der Waals surface area (Å²) in [5.41, 5.74) is 0.434. The molecule has 0 saturated carbocycles. The van der Waals surface area contributed by atoms with Crippen molar-refractivity contribution in [3.05, 3.63) is 29.8 Å². The number of nitrogens with one attached hydrogen (secondary N) is 1. The molecule has 18 heavy (non-hydrogen) atoms. The number of methoxy groups -OCH3 is 1. The third kappa shape index (κ3) is 5.53. The van der Waals surface area contributed by atoms with Crippen molar-refractivity contribution < 1.29 is 49.0 Å². The first-order valence-corrected chi connectivity index (χ1v) is 5.26. The molecule has 0 aromatic heterocycles.